The molecule has 1 aromatic heterocycles. The molecule has 1 saturated heterocycles. The third-order valence-corrected chi connectivity index (χ3v) is 5.24. The molecule has 0 aromatic carbocycles. The quantitative estimate of drug-likeness (QED) is 0.853. The van der Waals surface area contributed by atoms with E-state index in [4.69, 9.17) is 5.11 Å². The number of carboxylic acids is 1. The highest BCUT2D eigenvalue weighted by atomic mass is 32.2. The van der Waals surface area contributed by atoms with E-state index in [1.807, 2.05) is 10.3 Å². The van der Waals surface area contributed by atoms with Crippen LogP contribution in [0.1, 0.15) is 12.1 Å². The van der Waals surface area contributed by atoms with Crippen molar-refractivity contribution < 1.29 is 18.3 Å². The molecular formula is C10H14N2O4S2. The minimum atomic E-state index is -3.11. The standard InChI is InChI=1S/C10H14N2O4S2/c13-10(14)3-9-6-18(15,16)2-1-12(9)4-8-5-17-7-11-8/h5,7,9H,1-4,6H2,(H,13,14). The molecule has 2 rings (SSSR count). The van der Waals surface area contributed by atoms with Crippen molar-refractivity contribution in [3.8, 4) is 0 Å². The number of hydrogen-bond acceptors (Lipinski definition) is 6. The van der Waals surface area contributed by atoms with Crippen molar-refractivity contribution in [2.45, 2.75) is 19.0 Å². The van der Waals surface area contributed by atoms with Gasteiger partial charge in [0.2, 0.25) is 0 Å². The SMILES string of the molecule is O=C(O)CC1CS(=O)(=O)CCN1Cc1cscn1. The second-order valence-corrected chi connectivity index (χ2v) is 7.26. The van der Waals surface area contributed by atoms with Crippen LogP contribution in [0.5, 0.6) is 0 Å². The van der Waals surface area contributed by atoms with Crippen molar-refractivity contribution in [3.63, 3.8) is 0 Å². The molecule has 8 heteroatoms. The Labute approximate surface area is 109 Å². The number of carbonyl (C=O) groups is 1. The zero-order valence-electron chi connectivity index (χ0n) is 9.65. The topological polar surface area (TPSA) is 87.6 Å². The molecule has 2 heterocycles. The third-order valence-electron chi connectivity index (χ3n) is 2.91. The Balaban J connectivity index is 2.09. The monoisotopic (exact) mass is 290 g/mol. The predicted molar refractivity (Wildman–Crippen MR) is 67.2 cm³/mol. The third kappa shape index (κ3) is 3.50. The highest BCUT2D eigenvalue weighted by Crippen LogP contribution is 2.18. The number of sulfone groups is 1. The Kier molecular flexibility index (Phi) is 3.98. The molecule has 0 bridgehead atoms. The van der Waals surface area contributed by atoms with E-state index < -0.39 is 21.8 Å². The van der Waals surface area contributed by atoms with Gasteiger partial charge in [-0.25, -0.2) is 13.4 Å². The summed E-state index contributed by atoms with van der Waals surface area (Å²) in [7, 11) is -3.11. The van der Waals surface area contributed by atoms with E-state index in [1.54, 1.807) is 5.51 Å². The summed E-state index contributed by atoms with van der Waals surface area (Å²) in [6.07, 6.45) is -0.149. The number of thiazole rings is 1. The summed E-state index contributed by atoms with van der Waals surface area (Å²) in [5, 5.41) is 10.7. The summed E-state index contributed by atoms with van der Waals surface area (Å²) in [6, 6.07) is -0.456. The minimum Gasteiger partial charge on any atom is -0.481 e. The summed E-state index contributed by atoms with van der Waals surface area (Å²) >= 11 is 1.47. The van der Waals surface area contributed by atoms with Gasteiger partial charge in [-0.15, -0.1) is 11.3 Å². The lowest BCUT2D eigenvalue weighted by molar-refractivity contribution is -0.138. The number of aromatic nitrogens is 1. The fourth-order valence-electron chi connectivity index (χ4n) is 2.04. The van der Waals surface area contributed by atoms with Crippen LogP contribution in [-0.2, 0) is 21.2 Å². The van der Waals surface area contributed by atoms with Crippen molar-refractivity contribution in [2.24, 2.45) is 0 Å². The van der Waals surface area contributed by atoms with Crippen molar-refractivity contribution in [1.82, 2.24) is 9.88 Å². The fraction of sp³-hybridized carbons (Fsp3) is 0.600. The lowest BCUT2D eigenvalue weighted by atomic mass is 10.2. The number of rotatable bonds is 4. The van der Waals surface area contributed by atoms with Gasteiger partial charge >= 0.3 is 5.97 Å². The van der Waals surface area contributed by atoms with Gasteiger partial charge in [-0.05, 0) is 0 Å². The molecule has 1 aliphatic rings. The van der Waals surface area contributed by atoms with E-state index >= 15 is 0 Å². The molecule has 1 fully saturated rings. The van der Waals surface area contributed by atoms with Gasteiger partial charge in [0.05, 0.1) is 29.1 Å². The van der Waals surface area contributed by atoms with Crippen LogP contribution in [0.3, 0.4) is 0 Å². The van der Waals surface area contributed by atoms with E-state index in [1.165, 1.54) is 11.3 Å². The molecule has 1 aliphatic heterocycles. The van der Waals surface area contributed by atoms with Gasteiger partial charge in [0, 0.05) is 24.5 Å². The van der Waals surface area contributed by atoms with Crippen LogP contribution >= 0.6 is 11.3 Å². The first-order valence-corrected chi connectivity index (χ1v) is 8.26. The minimum absolute atomic E-state index is 0.0799. The summed E-state index contributed by atoms with van der Waals surface area (Å²) in [5.74, 6) is -0.961. The molecule has 1 atom stereocenters. The smallest absolute Gasteiger partial charge is 0.304 e. The van der Waals surface area contributed by atoms with E-state index in [2.05, 4.69) is 4.98 Å². The van der Waals surface area contributed by atoms with E-state index in [9.17, 15) is 13.2 Å². The van der Waals surface area contributed by atoms with Gasteiger partial charge < -0.3 is 5.11 Å². The Hall–Kier alpha value is -0.990. The van der Waals surface area contributed by atoms with Crippen molar-refractivity contribution in [2.75, 3.05) is 18.1 Å². The Morgan fingerprint density at radius 2 is 2.39 bits per heavy atom. The summed E-state index contributed by atoms with van der Waals surface area (Å²) in [4.78, 5) is 16.8. The van der Waals surface area contributed by atoms with Gasteiger partial charge in [0.25, 0.3) is 0 Å². The first-order valence-electron chi connectivity index (χ1n) is 5.49. The summed E-state index contributed by atoms with van der Waals surface area (Å²) in [5.41, 5.74) is 2.57. The maximum Gasteiger partial charge on any atom is 0.304 e. The average Bonchev–Trinajstić information content (AvgIpc) is 2.73. The zero-order chi connectivity index (χ0) is 13.2. The van der Waals surface area contributed by atoms with Gasteiger partial charge in [-0.1, -0.05) is 0 Å². The molecule has 0 saturated carbocycles. The molecular weight excluding hydrogens is 276 g/mol. The number of hydrogen-bond donors (Lipinski definition) is 1. The van der Waals surface area contributed by atoms with Crippen molar-refractivity contribution >= 4 is 27.1 Å². The Morgan fingerprint density at radius 1 is 1.61 bits per heavy atom. The fourth-order valence-corrected chi connectivity index (χ4v) is 4.19. The maximum atomic E-state index is 11.6. The first-order chi connectivity index (χ1) is 8.46. The van der Waals surface area contributed by atoms with Gasteiger partial charge in [-0.3, -0.25) is 9.69 Å². The number of carboxylic acid groups (broad SMARTS) is 1. The summed E-state index contributed by atoms with van der Waals surface area (Å²) in [6.45, 7) is 0.884. The molecule has 0 aliphatic carbocycles. The van der Waals surface area contributed by atoms with Crippen LogP contribution < -0.4 is 0 Å². The van der Waals surface area contributed by atoms with Crippen LogP contribution in [-0.4, -0.2) is 53.5 Å². The van der Waals surface area contributed by atoms with Gasteiger partial charge in [-0.2, -0.15) is 0 Å². The molecule has 100 valence electrons. The van der Waals surface area contributed by atoms with E-state index in [-0.39, 0.29) is 17.9 Å². The molecule has 1 unspecified atom stereocenters. The molecule has 6 nitrogen and oxygen atoms in total. The van der Waals surface area contributed by atoms with Gasteiger partial charge in [0.15, 0.2) is 9.84 Å². The first kappa shape index (κ1) is 13.4. The van der Waals surface area contributed by atoms with Crippen molar-refractivity contribution in [3.05, 3.63) is 16.6 Å². The number of nitrogens with zero attached hydrogens (tertiary/aromatic N) is 2. The maximum absolute atomic E-state index is 11.6. The highest BCUT2D eigenvalue weighted by molar-refractivity contribution is 7.91. The summed E-state index contributed by atoms with van der Waals surface area (Å²) < 4.78 is 23.1. The molecule has 1 N–H and O–H groups in total. The van der Waals surface area contributed by atoms with Crippen LogP contribution in [0.25, 0.3) is 0 Å². The molecule has 18 heavy (non-hydrogen) atoms. The second-order valence-electron chi connectivity index (χ2n) is 4.32. The molecule has 1 aromatic rings. The lowest BCUT2D eigenvalue weighted by Crippen LogP contribution is -2.48. The van der Waals surface area contributed by atoms with Crippen LogP contribution in [0.15, 0.2) is 10.9 Å². The second kappa shape index (κ2) is 5.33. The van der Waals surface area contributed by atoms with E-state index in [0.717, 1.165) is 5.69 Å². The van der Waals surface area contributed by atoms with Crippen LogP contribution in [0, 0.1) is 0 Å². The van der Waals surface area contributed by atoms with E-state index in [0.29, 0.717) is 13.1 Å². The molecule has 0 radical (unpaired) electrons. The normalized spacial score (nSPS) is 23.9. The molecule has 0 amide bonds. The largest absolute Gasteiger partial charge is 0.481 e. The van der Waals surface area contributed by atoms with Crippen LogP contribution in [0.2, 0.25) is 0 Å². The average molecular weight is 290 g/mol. The highest BCUT2D eigenvalue weighted by Gasteiger charge is 2.32. The predicted octanol–water partition coefficient (Wildman–Crippen LogP) is 0.217. The number of aliphatic carboxylic acids is 1. The Morgan fingerprint density at radius 3 is 3.00 bits per heavy atom. The van der Waals surface area contributed by atoms with Crippen LogP contribution in [0.4, 0.5) is 0 Å². The molecule has 0 spiro atoms. The zero-order valence-corrected chi connectivity index (χ0v) is 11.3. The Bertz CT molecular complexity index is 512. The lowest BCUT2D eigenvalue weighted by Gasteiger charge is -2.34. The van der Waals surface area contributed by atoms with Crippen molar-refractivity contribution in [1.29, 1.82) is 0 Å². The van der Waals surface area contributed by atoms with Gasteiger partial charge in [0.1, 0.15) is 0 Å².